The molecule has 0 aliphatic carbocycles. The molecule has 70 valence electrons. The minimum absolute atomic E-state index is 0.272. The lowest BCUT2D eigenvalue weighted by Crippen LogP contribution is -2.18. The van der Waals surface area contributed by atoms with Gasteiger partial charge in [0.05, 0.1) is 0 Å². The highest BCUT2D eigenvalue weighted by Gasteiger charge is 2.11. The predicted molar refractivity (Wildman–Crippen MR) is 42.8 cm³/mol. The van der Waals surface area contributed by atoms with E-state index in [0.717, 1.165) is 19.1 Å². The fourth-order valence-electron chi connectivity index (χ4n) is 0.866. The number of aliphatic hydroxyl groups excluding tert-OH is 1. The molecule has 0 aromatic heterocycles. The Kier molecular flexibility index (Phi) is 6.28. The molecule has 1 unspecified atom stereocenters. The van der Waals surface area contributed by atoms with Crippen LogP contribution in [0.2, 0.25) is 0 Å². The summed E-state index contributed by atoms with van der Waals surface area (Å²) in [6, 6.07) is 0. The van der Waals surface area contributed by atoms with Crippen molar-refractivity contribution in [1.82, 2.24) is 0 Å². The molecule has 0 aliphatic heterocycles. The summed E-state index contributed by atoms with van der Waals surface area (Å²) in [4.78, 5) is 20.0. The van der Waals surface area contributed by atoms with Gasteiger partial charge in [-0.25, -0.2) is 4.79 Å². The quantitative estimate of drug-likeness (QED) is 0.437. The number of hydrogen-bond donors (Lipinski definition) is 2. The number of carboxylic acids is 1. The number of carbonyl (C=O) groups excluding carboxylic acids is 1. The second-order valence-electron chi connectivity index (χ2n) is 2.66. The summed E-state index contributed by atoms with van der Waals surface area (Å²) in [7, 11) is 0. The molecule has 1 atom stereocenters. The third kappa shape index (κ3) is 5.85. The van der Waals surface area contributed by atoms with E-state index in [4.69, 9.17) is 10.2 Å². The van der Waals surface area contributed by atoms with Crippen LogP contribution in [0, 0.1) is 0 Å². The molecule has 0 heterocycles. The smallest absolute Gasteiger partial charge is 0.332 e. The van der Waals surface area contributed by atoms with Crippen LogP contribution < -0.4 is 0 Å². The van der Waals surface area contributed by atoms with Crippen LogP contribution in [0.5, 0.6) is 0 Å². The van der Waals surface area contributed by atoms with Crippen molar-refractivity contribution in [3.05, 3.63) is 0 Å². The SMILES string of the molecule is O=CCCCCCC(O)C(=O)O. The first-order valence-electron chi connectivity index (χ1n) is 4.03. The number of unbranched alkanes of at least 4 members (excludes halogenated alkanes) is 3. The molecular weight excluding hydrogens is 160 g/mol. The van der Waals surface area contributed by atoms with Gasteiger partial charge in [-0.2, -0.15) is 0 Å². The maximum atomic E-state index is 10.1. The monoisotopic (exact) mass is 174 g/mol. The minimum Gasteiger partial charge on any atom is -0.479 e. The van der Waals surface area contributed by atoms with E-state index in [1.807, 2.05) is 0 Å². The van der Waals surface area contributed by atoms with Crippen molar-refractivity contribution < 1.29 is 19.8 Å². The molecule has 4 nitrogen and oxygen atoms in total. The van der Waals surface area contributed by atoms with Gasteiger partial charge in [0.25, 0.3) is 0 Å². The average molecular weight is 174 g/mol. The third-order valence-electron chi connectivity index (χ3n) is 1.58. The molecule has 0 saturated carbocycles. The molecule has 0 amide bonds. The molecule has 0 aromatic carbocycles. The van der Waals surface area contributed by atoms with E-state index < -0.39 is 12.1 Å². The number of aliphatic carboxylic acids is 1. The van der Waals surface area contributed by atoms with Crippen molar-refractivity contribution in [3.8, 4) is 0 Å². The first-order chi connectivity index (χ1) is 5.68. The predicted octanol–water partition coefficient (Wildman–Crippen LogP) is 0.581. The third-order valence-corrected chi connectivity index (χ3v) is 1.58. The Balaban J connectivity index is 3.19. The molecule has 0 aliphatic rings. The molecule has 0 spiro atoms. The summed E-state index contributed by atoms with van der Waals surface area (Å²) < 4.78 is 0. The molecule has 2 N–H and O–H groups in total. The van der Waals surface area contributed by atoms with Crippen molar-refractivity contribution in [2.24, 2.45) is 0 Å². The lowest BCUT2D eigenvalue weighted by atomic mass is 10.1. The van der Waals surface area contributed by atoms with Crippen molar-refractivity contribution in [1.29, 1.82) is 0 Å². The van der Waals surface area contributed by atoms with Crippen molar-refractivity contribution in [2.45, 2.75) is 38.2 Å². The standard InChI is InChI=1S/C8H14O4/c9-6-4-2-1-3-5-7(10)8(11)12/h6-7,10H,1-5H2,(H,11,12). The highest BCUT2D eigenvalue weighted by molar-refractivity contribution is 5.71. The topological polar surface area (TPSA) is 74.6 Å². The zero-order chi connectivity index (χ0) is 9.40. The van der Waals surface area contributed by atoms with E-state index in [-0.39, 0.29) is 6.42 Å². The van der Waals surface area contributed by atoms with Gasteiger partial charge < -0.3 is 15.0 Å². The van der Waals surface area contributed by atoms with E-state index in [9.17, 15) is 9.59 Å². The first kappa shape index (κ1) is 11.1. The number of carbonyl (C=O) groups is 2. The molecule has 0 saturated heterocycles. The zero-order valence-electron chi connectivity index (χ0n) is 6.90. The summed E-state index contributed by atoms with van der Waals surface area (Å²) >= 11 is 0. The first-order valence-corrected chi connectivity index (χ1v) is 4.03. The van der Waals surface area contributed by atoms with Gasteiger partial charge in [0.1, 0.15) is 6.29 Å². The number of aldehydes is 1. The molecule has 0 radical (unpaired) electrons. The van der Waals surface area contributed by atoms with Crippen LogP contribution in [0.25, 0.3) is 0 Å². The average Bonchev–Trinajstić information content (AvgIpc) is 2.03. The van der Waals surface area contributed by atoms with Gasteiger partial charge in [-0.3, -0.25) is 0 Å². The Morgan fingerprint density at radius 2 is 2.00 bits per heavy atom. The number of hydrogen-bond acceptors (Lipinski definition) is 3. The lowest BCUT2D eigenvalue weighted by molar-refractivity contribution is -0.147. The van der Waals surface area contributed by atoms with E-state index in [2.05, 4.69) is 0 Å². The van der Waals surface area contributed by atoms with Crippen molar-refractivity contribution in [2.75, 3.05) is 0 Å². The Labute approximate surface area is 71.2 Å². The summed E-state index contributed by atoms with van der Waals surface area (Å²) in [6.07, 6.45) is 2.60. The Bertz CT molecular complexity index is 144. The van der Waals surface area contributed by atoms with Gasteiger partial charge in [-0.1, -0.05) is 12.8 Å². The van der Waals surface area contributed by atoms with Crippen LogP contribution in [-0.4, -0.2) is 28.6 Å². The van der Waals surface area contributed by atoms with E-state index >= 15 is 0 Å². The second kappa shape index (κ2) is 6.79. The van der Waals surface area contributed by atoms with Gasteiger partial charge in [-0.15, -0.1) is 0 Å². The van der Waals surface area contributed by atoms with Gasteiger partial charge in [0.15, 0.2) is 6.10 Å². The van der Waals surface area contributed by atoms with E-state index in [1.54, 1.807) is 0 Å². The maximum absolute atomic E-state index is 10.1. The van der Waals surface area contributed by atoms with Gasteiger partial charge in [-0.05, 0) is 12.8 Å². The van der Waals surface area contributed by atoms with Crippen LogP contribution in [0.15, 0.2) is 0 Å². The van der Waals surface area contributed by atoms with Gasteiger partial charge in [0.2, 0.25) is 0 Å². The van der Waals surface area contributed by atoms with E-state index in [1.165, 1.54) is 0 Å². The summed E-state index contributed by atoms with van der Waals surface area (Å²) in [5, 5.41) is 17.1. The van der Waals surface area contributed by atoms with Crippen LogP contribution in [0.4, 0.5) is 0 Å². The molecule has 0 fully saturated rings. The number of rotatable bonds is 7. The molecule has 0 bridgehead atoms. The summed E-state index contributed by atoms with van der Waals surface area (Å²) in [5.74, 6) is -1.18. The zero-order valence-corrected chi connectivity index (χ0v) is 6.90. The Morgan fingerprint density at radius 3 is 2.50 bits per heavy atom. The summed E-state index contributed by atoms with van der Waals surface area (Å²) in [6.45, 7) is 0. The van der Waals surface area contributed by atoms with Crippen LogP contribution in [0.1, 0.15) is 32.1 Å². The highest BCUT2D eigenvalue weighted by Crippen LogP contribution is 2.04. The van der Waals surface area contributed by atoms with Crippen molar-refractivity contribution >= 4 is 12.3 Å². The second-order valence-corrected chi connectivity index (χ2v) is 2.66. The Morgan fingerprint density at radius 1 is 1.33 bits per heavy atom. The normalized spacial score (nSPS) is 12.4. The number of carboxylic acid groups (broad SMARTS) is 1. The highest BCUT2D eigenvalue weighted by atomic mass is 16.4. The minimum atomic E-state index is -1.25. The fourth-order valence-corrected chi connectivity index (χ4v) is 0.866. The van der Waals surface area contributed by atoms with Gasteiger partial charge >= 0.3 is 5.97 Å². The van der Waals surface area contributed by atoms with Crippen LogP contribution >= 0.6 is 0 Å². The fraction of sp³-hybridized carbons (Fsp3) is 0.750. The van der Waals surface area contributed by atoms with Gasteiger partial charge in [0, 0.05) is 6.42 Å². The largest absolute Gasteiger partial charge is 0.479 e. The van der Waals surface area contributed by atoms with Crippen molar-refractivity contribution in [3.63, 3.8) is 0 Å². The maximum Gasteiger partial charge on any atom is 0.332 e. The summed E-state index contributed by atoms with van der Waals surface area (Å²) in [5.41, 5.74) is 0. The molecular formula is C8H14O4. The lowest BCUT2D eigenvalue weighted by Gasteiger charge is -2.03. The van der Waals surface area contributed by atoms with Crippen LogP contribution in [0.3, 0.4) is 0 Å². The molecule has 12 heavy (non-hydrogen) atoms. The number of aliphatic hydroxyl groups is 1. The molecule has 0 rings (SSSR count). The Hall–Kier alpha value is -0.900. The van der Waals surface area contributed by atoms with E-state index in [0.29, 0.717) is 12.8 Å². The molecule has 0 aromatic rings. The molecule has 4 heteroatoms. The van der Waals surface area contributed by atoms with Crippen LogP contribution in [-0.2, 0) is 9.59 Å².